The first-order chi connectivity index (χ1) is 7.16. The molecular weight excluding hydrogens is 214 g/mol. The number of hydrogen-bond donors (Lipinski definition) is 3. The lowest BCUT2D eigenvalue weighted by molar-refractivity contribution is -0.131. The van der Waals surface area contributed by atoms with E-state index in [2.05, 4.69) is 5.32 Å². The molecule has 5 heteroatoms. The summed E-state index contributed by atoms with van der Waals surface area (Å²) >= 11 is 1.79. The quantitative estimate of drug-likeness (QED) is 0.404. The van der Waals surface area contributed by atoms with Crippen LogP contribution in [-0.2, 0) is 4.79 Å². The number of thioether (sulfide) groups is 1. The van der Waals surface area contributed by atoms with Crippen LogP contribution in [0.1, 0.15) is 13.3 Å². The Kier molecular flexibility index (Phi) is 9.67. The molecule has 0 aromatic rings. The largest absolute Gasteiger partial charge is 0.478 e. The molecule has 0 spiro atoms. The maximum atomic E-state index is 10.3. The van der Waals surface area contributed by atoms with Crippen molar-refractivity contribution in [3.63, 3.8) is 0 Å². The molecule has 4 nitrogen and oxygen atoms in total. The topological polar surface area (TPSA) is 69.6 Å². The van der Waals surface area contributed by atoms with Gasteiger partial charge in [0.15, 0.2) is 0 Å². The van der Waals surface area contributed by atoms with Crippen LogP contribution in [0.4, 0.5) is 0 Å². The number of carbonyl (C=O) groups is 1. The Labute approximate surface area is 94.8 Å². The van der Waals surface area contributed by atoms with Crippen molar-refractivity contribution in [3.8, 4) is 0 Å². The van der Waals surface area contributed by atoms with Gasteiger partial charge in [-0.25, -0.2) is 4.79 Å². The summed E-state index contributed by atoms with van der Waals surface area (Å²) in [6.07, 6.45) is 2.05. The minimum Gasteiger partial charge on any atom is -0.478 e. The number of nitrogens with one attached hydrogen (secondary N) is 1. The second-order valence-electron chi connectivity index (χ2n) is 3.20. The fraction of sp³-hybridized carbons (Fsp3) is 0.700. The van der Waals surface area contributed by atoms with Crippen molar-refractivity contribution >= 4 is 17.7 Å². The first kappa shape index (κ1) is 14.5. The SMILES string of the molecule is CC(=CC(=O)O)CNCCSCCCO. The van der Waals surface area contributed by atoms with Gasteiger partial charge in [0.1, 0.15) is 0 Å². The molecule has 0 saturated carbocycles. The molecule has 0 aliphatic rings. The predicted molar refractivity (Wildman–Crippen MR) is 63.3 cm³/mol. The number of hydrogen-bond acceptors (Lipinski definition) is 4. The Bertz CT molecular complexity index is 207. The lowest BCUT2D eigenvalue weighted by atomic mass is 10.3. The van der Waals surface area contributed by atoms with Gasteiger partial charge in [-0.15, -0.1) is 0 Å². The van der Waals surface area contributed by atoms with Crippen LogP contribution >= 0.6 is 11.8 Å². The van der Waals surface area contributed by atoms with Crippen molar-refractivity contribution in [1.82, 2.24) is 5.32 Å². The summed E-state index contributed by atoms with van der Waals surface area (Å²) in [7, 11) is 0. The molecule has 0 unspecified atom stereocenters. The Morgan fingerprint density at radius 3 is 2.80 bits per heavy atom. The Hall–Kier alpha value is -0.520. The summed E-state index contributed by atoms with van der Waals surface area (Å²) in [5.74, 6) is 1.06. The van der Waals surface area contributed by atoms with E-state index < -0.39 is 5.97 Å². The van der Waals surface area contributed by atoms with Crippen molar-refractivity contribution in [2.24, 2.45) is 0 Å². The van der Waals surface area contributed by atoms with E-state index in [9.17, 15) is 4.79 Å². The number of aliphatic carboxylic acids is 1. The van der Waals surface area contributed by atoms with Crippen LogP contribution in [0.3, 0.4) is 0 Å². The average molecular weight is 233 g/mol. The van der Waals surface area contributed by atoms with Gasteiger partial charge >= 0.3 is 5.97 Å². The predicted octanol–water partition coefficient (Wildman–Crippen LogP) is 0.723. The lowest BCUT2D eigenvalue weighted by Gasteiger charge is -2.04. The molecule has 0 aliphatic carbocycles. The Morgan fingerprint density at radius 2 is 2.20 bits per heavy atom. The summed E-state index contributed by atoms with van der Waals surface area (Å²) < 4.78 is 0. The number of aliphatic hydroxyl groups is 1. The van der Waals surface area contributed by atoms with E-state index in [-0.39, 0.29) is 6.61 Å². The summed E-state index contributed by atoms with van der Waals surface area (Å²) in [4.78, 5) is 10.3. The molecule has 15 heavy (non-hydrogen) atoms. The molecule has 0 radical (unpaired) electrons. The number of carboxylic acids is 1. The summed E-state index contributed by atoms with van der Waals surface area (Å²) in [5.41, 5.74) is 0.822. The molecule has 0 heterocycles. The van der Waals surface area contributed by atoms with Crippen LogP contribution in [0.5, 0.6) is 0 Å². The highest BCUT2D eigenvalue weighted by Crippen LogP contribution is 2.00. The van der Waals surface area contributed by atoms with Crippen molar-refractivity contribution in [2.75, 3.05) is 31.2 Å². The highest BCUT2D eigenvalue weighted by atomic mass is 32.2. The molecule has 3 N–H and O–H groups in total. The van der Waals surface area contributed by atoms with Gasteiger partial charge < -0.3 is 15.5 Å². The zero-order chi connectivity index (χ0) is 11.5. The van der Waals surface area contributed by atoms with E-state index in [4.69, 9.17) is 10.2 Å². The van der Waals surface area contributed by atoms with E-state index in [1.54, 1.807) is 18.7 Å². The lowest BCUT2D eigenvalue weighted by Crippen LogP contribution is -2.19. The van der Waals surface area contributed by atoms with Crippen molar-refractivity contribution in [3.05, 3.63) is 11.6 Å². The maximum absolute atomic E-state index is 10.3. The third-order valence-corrected chi connectivity index (χ3v) is 2.71. The number of carboxylic acid groups (broad SMARTS) is 1. The van der Waals surface area contributed by atoms with Gasteiger partial charge in [-0.3, -0.25) is 0 Å². The van der Waals surface area contributed by atoms with E-state index in [0.717, 1.165) is 30.0 Å². The Balaban J connectivity index is 3.27. The monoisotopic (exact) mass is 233 g/mol. The minimum atomic E-state index is -0.897. The molecule has 0 bridgehead atoms. The number of aliphatic hydroxyl groups excluding tert-OH is 1. The second kappa shape index (κ2) is 10.0. The third-order valence-electron chi connectivity index (χ3n) is 1.64. The van der Waals surface area contributed by atoms with Gasteiger partial charge in [0.2, 0.25) is 0 Å². The van der Waals surface area contributed by atoms with Gasteiger partial charge in [-0.2, -0.15) is 11.8 Å². The summed E-state index contributed by atoms with van der Waals surface area (Å²) in [6.45, 7) is 3.52. The summed E-state index contributed by atoms with van der Waals surface area (Å²) in [5, 5.41) is 20.1. The van der Waals surface area contributed by atoms with Crippen LogP contribution in [0.2, 0.25) is 0 Å². The zero-order valence-electron chi connectivity index (χ0n) is 9.03. The minimum absolute atomic E-state index is 0.251. The van der Waals surface area contributed by atoms with Gasteiger partial charge in [0.05, 0.1) is 0 Å². The van der Waals surface area contributed by atoms with Crippen LogP contribution in [0.25, 0.3) is 0 Å². The second-order valence-corrected chi connectivity index (χ2v) is 4.42. The molecule has 0 aromatic heterocycles. The Morgan fingerprint density at radius 1 is 1.47 bits per heavy atom. The van der Waals surface area contributed by atoms with E-state index >= 15 is 0 Å². The standard InChI is InChI=1S/C10H19NO3S/c1-9(7-10(13)14)8-11-3-6-15-5-2-4-12/h7,11-12H,2-6,8H2,1H3,(H,13,14). The molecule has 0 amide bonds. The van der Waals surface area contributed by atoms with E-state index in [0.29, 0.717) is 6.54 Å². The molecule has 0 fully saturated rings. The number of rotatable bonds is 9. The van der Waals surface area contributed by atoms with Gasteiger partial charge in [0.25, 0.3) is 0 Å². The molecule has 0 rings (SSSR count). The molecule has 0 aromatic carbocycles. The molecular formula is C10H19NO3S. The molecule has 0 saturated heterocycles. The van der Waals surface area contributed by atoms with E-state index in [1.807, 2.05) is 0 Å². The molecule has 0 atom stereocenters. The fourth-order valence-corrected chi connectivity index (χ4v) is 1.79. The third kappa shape index (κ3) is 11.4. The van der Waals surface area contributed by atoms with Crippen molar-refractivity contribution < 1.29 is 15.0 Å². The highest BCUT2D eigenvalue weighted by molar-refractivity contribution is 7.99. The zero-order valence-corrected chi connectivity index (χ0v) is 9.85. The molecule has 0 aliphatic heterocycles. The summed E-state index contributed by atoms with van der Waals surface area (Å²) in [6, 6.07) is 0. The smallest absolute Gasteiger partial charge is 0.328 e. The van der Waals surface area contributed by atoms with Crippen LogP contribution < -0.4 is 5.32 Å². The first-order valence-corrected chi connectivity index (χ1v) is 6.11. The highest BCUT2D eigenvalue weighted by Gasteiger charge is 1.94. The van der Waals surface area contributed by atoms with Crippen LogP contribution in [0.15, 0.2) is 11.6 Å². The fourth-order valence-electron chi connectivity index (χ4n) is 0.960. The maximum Gasteiger partial charge on any atom is 0.328 e. The first-order valence-electron chi connectivity index (χ1n) is 4.96. The van der Waals surface area contributed by atoms with E-state index in [1.165, 1.54) is 6.08 Å². The van der Waals surface area contributed by atoms with Crippen LogP contribution in [0, 0.1) is 0 Å². The van der Waals surface area contributed by atoms with Gasteiger partial charge in [0, 0.05) is 31.5 Å². The molecule has 88 valence electrons. The van der Waals surface area contributed by atoms with Crippen molar-refractivity contribution in [1.29, 1.82) is 0 Å². The van der Waals surface area contributed by atoms with Gasteiger partial charge in [-0.1, -0.05) is 5.57 Å². The average Bonchev–Trinajstić information content (AvgIpc) is 2.15. The van der Waals surface area contributed by atoms with Gasteiger partial charge in [-0.05, 0) is 19.1 Å². The van der Waals surface area contributed by atoms with Crippen LogP contribution in [-0.4, -0.2) is 47.4 Å². The van der Waals surface area contributed by atoms with Crippen molar-refractivity contribution in [2.45, 2.75) is 13.3 Å². The normalized spacial score (nSPS) is 11.7.